The summed E-state index contributed by atoms with van der Waals surface area (Å²) >= 11 is 3.41. The van der Waals surface area contributed by atoms with Crippen LogP contribution in [0.15, 0.2) is 40.9 Å². The molecule has 114 valence electrons. The van der Waals surface area contributed by atoms with Crippen LogP contribution in [0.5, 0.6) is 0 Å². The van der Waals surface area contributed by atoms with Crippen LogP contribution in [0.25, 0.3) is 10.8 Å². The van der Waals surface area contributed by atoms with Crippen molar-refractivity contribution in [2.75, 3.05) is 24.9 Å². The van der Waals surface area contributed by atoms with Gasteiger partial charge in [-0.25, -0.2) is 0 Å². The smallest absolute Gasteiger partial charge is 0.301 e. The second-order valence-corrected chi connectivity index (χ2v) is 7.47. The summed E-state index contributed by atoms with van der Waals surface area (Å²) in [6, 6.07) is 11.3. The minimum absolute atomic E-state index is 0.395. The number of hydrogen-bond donors (Lipinski definition) is 2. The van der Waals surface area contributed by atoms with E-state index in [0.717, 1.165) is 15.2 Å². The van der Waals surface area contributed by atoms with Gasteiger partial charge in [0.1, 0.15) is 0 Å². The number of halogens is 1. The van der Waals surface area contributed by atoms with Crippen molar-refractivity contribution in [1.29, 1.82) is 0 Å². The van der Waals surface area contributed by atoms with Gasteiger partial charge in [0.05, 0.1) is 5.69 Å². The summed E-state index contributed by atoms with van der Waals surface area (Å²) in [5.41, 5.74) is 5.95. The van der Waals surface area contributed by atoms with Crippen LogP contribution in [0.4, 0.5) is 5.69 Å². The Balaban J connectivity index is 2.21. The fourth-order valence-electron chi connectivity index (χ4n) is 1.94. The second-order valence-electron chi connectivity index (χ2n) is 4.78. The molecule has 0 heterocycles. The number of nitrogens with one attached hydrogen (secondary N) is 1. The van der Waals surface area contributed by atoms with Gasteiger partial charge in [-0.05, 0) is 48.0 Å². The van der Waals surface area contributed by atoms with E-state index in [1.165, 1.54) is 11.4 Å². The molecule has 2 aromatic rings. The Kier molecular flexibility index (Phi) is 5.21. The van der Waals surface area contributed by atoms with Gasteiger partial charge >= 0.3 is 10.2 Å². The van der Waals surface area contributed by atoms with Gasteiger partial charge in [0, 0.05) is 18.1 Å². The molecule has 0 saturated carbocycles. The molecule has 21 heavy (non-hydrogen) atoms. The lowest BCUT2D eigenvalue weighted by Gasteiger charge is -2.18. The van der Waals surface area contributed by atoms with Crippen molar-refractivity contribution in [3.05, 3.63) is 40.9 Å². The van der Waals surface area contributed by atoms with Crippen LogP contribution in [0, 0.1) is 0 Å². The number of benzene rings is 2. The number of nitrogens with zero attached hydrogens (tertiary/aromatic N) is 1. The van der Waals surface area contributed by atoms with Gasteiger partial charge in [-0.2, -0.15) is 12.7 Å². The van der Waals surface area contributed by atoms with Crippen LogP contribution < -0.4 is 10.5 Å². The van der Waals surface area contributed by atoms with E-state index in [0.29, 0.717) is 25.2 Å². The third kappa shape index (κ3) is 4.16. The molecule has 0 amide bonds. The maximum Gasteiger partial charge on any atom is 0.301 e. The van der Waals surface area contributed by atoms with Crippen molar-refractivity contribution in [2.45, 2.75) is 6.42 Å². The summed E-state index contributed by atoms with van der Waals surface area (Å²) < 4.78 is 29.2. The Bertz CT molecular complexity index is 734. The molecule has 0 fully saturated rings. The summed E-state index contributed by atoms with van der Waals surface area (Å²) in [4.78, 5) is 0. The number of nitrogens with two attached hydrogens (primary N) is 1. The van der Waals surface area contributed by atoms with E-state index < -0.39 is 10.2 Å². The molecule has 7 heteroatoms. The van der Waals surface area contributed by atoms with E-state index in [-0.39, 0.29) is 0 Å². The van der Waals surface area contributed by atoms with Crippen molar-refractivity contribution < 1.29 is 8.42 Å². The summed E-state index contributed by atoms with van der Waals surface area (Å²) in [7, 11) is -2.01. The van der Waals surface area contributed by atoms with Gasteiger partial charge in [0.15, 0.2) is 0 Å². The van der Waals surface area contributed by atoms with Gasteiger partial charge in [-0.15, -0.1) is 0 Å². The topological polar surface area (TPSA) is 75.4 Å². The molecule has 0 atom stereocenters. The molecule has 2 aromatic carbocycles. The first-order valence-electron chi connectivity index (χ1n) is 6.56. The van der Waals surface area contributed by atoms with Gasteiger partial charge in [0.25, 0.3) is 0 Å². The van der Waals surface area contributed by atoms with Crippen molar-refractivity contribution in [3.8, 4) is 0 Å². The zero-order valence-corrected chi connectivity index (χ0v) is 14.1. The Labute approximate surface area is 133 Å². The highest BCUT2D eigenvalue weighted by Crippen LogP contribution is 2.23. The number of rotatable bonds is 6. The predicted octanol–water partition coefficient (Wildman–Crippen LogP) is 2.54. The number of hydrogen-bond acceptors (Lipinski definition) is 3. The number of anilines is 1. The third-order valence-corrected chi connectivity index (χ3v) is 5.13. The van der Waals surface area contributed by atoms with Gasteiger partial charge in [-0.1, -0.05) is 28.1 Å². The molecule has 2 rings (SSSR count). The zero-order valence-electron chi connectivity index (χ0n) is 11.7. The SMILES string of the molecule is CN(CCCN)S(=O)(=O)Nc1ccc2cc(Br)ccc2c1. The van der Waals surface area contributed by atoms with Crippen LogP contribution in [0.2, 0.25) is 0 Å². The summed E-state index contributed by atoms with van der Waals surface area (Å²) in [5, 5.41) is 2.02. The van der Waals surface area contributed by atoms with E-state index in [4.69, 9.17) is 5.73 Å². The predicted molar refractivity (Wildman–Crippen MR) is 90.5 cm³/mol. The van der Waals surface area contributed by atoms with Crippen molar-refractivity contribution in [2.24, 2.45) is 5.73 Å². The van der Waals surface area contributed by atoms with E-state index in [1.807, 2.05) is 30.3 Å². The lowest BCUT2D eigenvalue weighted by Crippen LogP contribution is -2.34. The fraction of sp³-hybridized carbons (Fsp3) is 0.286. The lowest BCUT2D eigenvalue weighted by atomic mass is 10.1. The van der Waals surface area contributed by atoms with Crippen LogP contribution in [-0.4, -0.2) is 32.9 Å². The summed E-state index contributed by atoms with van der Waals surface area (Å²) in [6.07, 6.45) is 0.628. The molecule has 0 unspecified atom stereocenters. The van der Waals surface area contributed by atoms with Crippen molar-refractivity contribution in [1.82, 2.24) is 4.31 Å². The minimum Gasteiger partial charge on any atom is -0.330 e. The van der Waals surface area contributed by atoms with Crippen LogP contribution in [-0.2, 0) is 10.2 Å². The van der Waals surface area contributed by atoms with E-state index in [9.17, 15) is 8.42 Å². The monoisotopic (exact) mass is 371 g/mol. The highest BCUT2D eigenvalue weighted by molar-refractivity contribution is 9.10. The highest BCUT2D eigenvalue weighted by atomic mass is 79.9. The third-order valence-electron chi connectivity index (χ3n) is 3.14. The Morgan fingerprint density at radius 3 is 2.57 bits per heavy atom. The fourth-order valence-corrected chi connectivity index (χ4v) is 3.27. The molecule has 0 aliphatic carbocycles. The molecule has 3 N–H and O–H groups in total. The van der Waals surface area contributed by atoms with Crippen LogP contribution >= 0.6 is 15.9 Å². The zero-order chi connectivity index (χ0) is 15.5. The largest absolute Gasteiger partial charge is 0.330 e. The van der Waals surface area contributed by atoms with Gasteiger partial charge in [0.2, 0.25) is 0 Å². The van der Waals surface area contributed by atoms with Gasteiger partial charge < -0.3 is 5.73 Å². The van der Waals surface area contributed by atoms with Crippen molar-refractivity contribution >= 4 is 42.6 Å². The Hall–Kier alpha value is -1.15. The van der Waals surface area contributed by atoms with E-state index in [1.54, 1.807) is 6.07 Å². The number of fused-ring (bicyclic) bond motifs is 1. The summed E-state index contributed by atoms with van der Waals surface area (Å²) in [6.45, 7) is 0.858. The molecular weight excluding hydrogens is 354 g/mol. The average molecular weight is 372 g/mol. The minimum atomic E-state index is -3.54. The average Bonchev–Trinajstić information content (AvgIpc) is 2.44. The first-order chi connectivity index (χ1) is 9.92. The lowest BCUT2D eigenvalue weighted by molar-refractivity contribution is 0.468. The molecule has 0 bridgehead atoms. The first kappa shape index (κ1) is 16.2. The molecule has 0 radical (unpaired) electrons. The molecule has 0 aliphatic heterocycles. The van der Waals surface area contributed by atoms with Crippen LogP contribution in [0.1, 0.15) is 6.42 Å². The molecular formula is C14H18BrN3O2S. The summed E-state index contributed by atoms with van der Waals surface area (Å²) in [5.74, 6) is 0. The quantitative estimate of drug-likeness (QED) is 0.818. The Morgan fingerprint density at radius 1 is 1.19 bits per heavy atom. The molecule has 0 aromatic heterocycles. The van der Waals surface area contributed by atoms with E-state index in [2.05, 4.69) is 20.7 Å². The van der Waals surface area contributed by atoms with E-state index >= 15 is 0 Å². The maximum atomic E-state index is 12.2. The van der Waals surface area contributed by atoms with Gasteiger partial charge in [-0.3, -0.25) is 4.72 Å². The first-order valence-corrected chi connectivity index (χ1v) is 8.79. The molecule has 0 spiro atoms. The standard InChI is InChI=1S/C14H18BrN3O2S/c1-18(8-2-7-16)21(19,20)17-14-6-4-11-9-13(15)5-3-12(11)10-14/h3-6,9-10,17H,2,7-8,16H2,1H3. The molecule has 0 saturated heterocycles. The normalized spacial score (nSPS) is 12.0. The molecule has 0 aliphatic rings. The Morgan fingerprint density at radius 2 is 1.86 bits per heavy atom. The second kappa shape index (κ2) is 6.74. The van der Waals surface area contributed by atoms with Crippen LogP contribution in [0.3, 0.4) is 0 Å². The molecule has 5 nitrogen and oxygen atoms in total. The van der Waals surface area contributed by atoms with Crippen molar-refractivity contribution in [3.63, 3.8) is 0 Å². The maximum absolute atomic E-state index is 12.2. The highest BCUT2D eigenvalue weighted by Gasteiger charge is 2.16.